The fourth-order valence-corrected chi connectivity index (χ4v) is 2.85. The molecule has 106 valence electrons. The molecule has 3 aromatic rings. The summed E-state index contributed by atoms with van der Waals surface area (Å²) in [6.45, 7) is 0. The van der Waals surface area contributed by atoms with E-state index in [-0.39, 0.29) is 11.7 Å². The van der Waals surface area contributed by atoms with Gasteiger partial charge in [0.1, 0.15) is 0 Å². The van der Waals surface area contributed by atoms with Crippen LogP contribution >= 0.6 is 11.3 Å². The first-order valence-corrected chi connectivity index (χ1v) is 7.21. The van der Waals surface area contributed by atoms with Gasteiger partial charge in [-0.1, -0.05) is 0 Å². The average Bonchev–Trinajstić information content (AvgIpc) is 2.94. The Labute approximate surface area is 125 Å². The highest BCUT2D eigenvalue weighted by Crippen LogP contribution is 2.27. The van der Waals surface area contributed by atoms with E-state index in [0.29, 0.717) is 11.3 Å². The molecule has 1 aromatic heterocycles. The van der Waals surface area contributed by atoms with Gasteiger partial charge in [0.25, 0.3) is 5.91 Å². The lowest BCUT2D eigenvalue weighted by atomic mass is 10.1. The van der Waals surface area contributed by atoms with Crippen LogP contribution in [0.4, 0.5) is 5.69 Å². The van der Waals surface area contributed by atoms with Crippen molar-refractivity contribution in [1.29, 1.82) is 0 Å². The molecule has 0 spiro atoms. The predicted octanol–water partition coefficient (Wildman–Crippen LogP) is 3.87. The van der Waals surface area contributed by atoms with Crippen LogP contribution in [-0.4, -0.2) is 18.1 Å². The van der Waals surface area contributed by atoms with E-state index in [2.05, 4.69) is 5.32 Å². The highest BCUT2D eigenvalue weighted by Gasteiger charge is 2.10. The summed E-state index contributed by atoms with van der Waals surface area (Å²) in [4.78, 5) is 12.2. The summed E-state index contributed by atoms with van der Waals surface area (Å²) < 4.78 is 6.13. The van der Waals surface area contributed by atoms with Crippen molar-refractivity contribution in [1.82, 2.24) is 0 Å². The average molecular weight is 299 g/mol. The lowest BCUT2D eigenvalue weighted by Gasteiger charge is -2.08. The van der Waals surface area contributed by atoms with Crippen molar-refractivity contribution in [2.75, 3.05) is 12.4 Å². The zero-order chi connectivity index (χ0) is 14.8. The maximum Gasteiger partial charge on any atom is 0.255 e. The third kappa shape index (κ3) is 2.68. The molecule has 0 fully saturated rings. The van der Waals surface area contributed by atoms with Gasteiger partial charge in [0.05, 0.1) is 7.11 Å². The lowest BCUT2D eigenvalue weighted by Crippen LogP contribution is -2.11. The van der Waals surface area contributed by atoms with Crippen LogP contribution in [0.25, 0.3) is 10.1 Å². The number of ether oxygens (including phenoxy) is 1. The van der Waals surface area contributed by atoms with Gasteiger partial charge in [-0.15, -0.1) is 11.3 Å². The van der Waals surface area contributed by atoms with E-state index in [9.17, 15) is 9.90 Å². The minimum absolute atomic E-state index is 0.0570. The lowest BCUT2D eigenvalue weighted by molar-refractivity contribution is 0.102. The predicted molar refractivity (Wildman–Crippen MR) is 84.4 cm³/mol. The van der Waals surface area contributed by atoms with Crippen LogP contribution in [0.3, 0.4) is 0 Å². The molecule has 0 unspecified atom stereocenters. The Morgan fingerprint density at radius 3 is 2.81 bits per heavy atom. The van der Waals surface area contributed by atoms with Crippen molar-refractivity contribution in [3.05, 3.63) is 53.4 Å². The van der Waals surface area contributed by atoms with Gasteiger partial charge in [0, 0.05) is 16.0 Å². The first kappa shape index (κ1) is 13.5. The fraction of sp³-hybridized carbons (Fsp3) is 0.0625. The normalized spacial score (nSPS) is 10.5. The molecule has 4 nitrogen and oxygen atoms in total. The number of hydrogen-bond acceptors (Lipinski definition) is 4. The molecule has 1 amide bonds. The summed E-state index contributed by atoms with van der Waals surface area (Å²) in [5, 5.41) is 15.6. The number of carbonyl (C=O) groups excluding carboxylic acids is 1. The van der Waals surface area contributed by atoms with Gasteiger partial charge in [-0.05, 0) is 53.2 Å². The number of hydrogen-bond donors (Lipinski definition) is 2. The van der Waals surface area contributed by atoms with E-state index < -0.39 is 0 Å². The van der Waals surface area contributed by atoms with Crippen molar-refractivity contribution in [2.24, 2.45) is 0 Å². The van der Waals surface area contributed by atoms with Crippen LogP contribution in [-0.2, 0) is 0 Å². The Morgan fingerprint density at radius 2 is 2.05 bits per heavy atom. The molecule has 0 aliphatic rings. The van der Waals surface area contributed by atoms with Crippen LogP contribution in [0.15, 0.2) is 47.8 Å². The number of fused-ring (bicyclic) bond motifs is 1. The van der Waals surface area contributed by atoms with Crippen LogP contribution in [0.5, 0.6) is 11.5 Å². The summed E-state index contributed by atoms with van der Waals surface area (Å²) >= 11 is 1.66. The quantitative estimate of drug-likeness (QED) is 0.772. The summed E-state index contributed by atoms with van der Waals surface area (Å²) in [5.41, 5.74) is 1.10. The molecule has 5 heteroatoms. The number of anilines is 1. The van der Waals surface area contributed by atoms with Gasteiger partial charge >= 0.3 is 0 Å². The number of carbonyl (C=O) groups is 1. The number of rotatable bonds is 3. The maximum atomic E-state index is 12.2. The van der Waals surface area contributed by atoms with Crippen molar-refractivity contribution in [3.8, 4) is 11.5 Å². The Balaban J connectivity index is 1.83. The van der Waals surface area contributed by atoms with E-state index in [1.807, 2.05) is 29.6 Å². The van der Waals surface area contributed by atoms with Crippen molar-refractivity contribution in [3.63, 3.8) is 0 Å². The third-order valence-electron chi connectivity index (χ3n) is 3.15. The van der Waals surface area contributed by atoms with Crippen molar-refractivity contribution < 1.29 is 14.6 Å². The highest BCUT2D eigenvalue weighted by molar-refractivity contribution is 7.17. The Kier molecular flexibility index (Phi) is 3.50. The van der Waals surface area contributed by atoms with E-state index in [1.54, 1.807) is 23.5 Å². The zero-order valence-corrected chi connectivity index (χ0v) is 12.1. The molecule has 0 atom stereocenters. The third-order valence-corrected chi connectivity index (χ3v) is 4.05. The molecule has 0 saturated heterocycles. The van der Waals surface area contributed by atoms with Gasteiger partial charge in [-0.2, -0.15) is 0 Å². The number of phenols is 1. The number of thiophene rings is 1. The fourth-order valence-electron chi connectivity index (χ4n) is 2.08. The topological polar surface area (TPSA) is 58.6 Å². The van der Waals surface area contributed by atoms with Crippen LogP contribution in [0.2, 0.25) is 0 Å². The summed E-state index contributed by atoms with van der Waals surface area (Å²) in [7, 11) is 1.46. The van der Waals surface area contributed by atoms with Crippen LogP contribution in [0.1, 0.15) is 10.4 Å². The molecule has 3 rings (SSSR count). The standard InChI is InChI=1S/C16H13NO3S/c1-20-14-4-2-11(9-13(14)18)16(19)17-12-3-5-15-10(8-12)6-7-21-15/h2-9,18H,1H3,(H,17,19). The van der Waals surface area contributed by atoms with Gasteiger partial charge in [-0.25, -0.2) is 0 Å². The molecule has 0 bridgehead atoms. The van der Waals surface area contributed by atoms with Gasteiger partial charge in [0.2, 0.25) is 0 Å². The van der Waals surface area contributed by atoms with Gasteiger partial charge < -0.3 is 15.2 Å². The number of amides is 1. The first-order chi connectivity index (χ1) is 10.2. The molecule has 2 N–H and O–H groups in total. The second-order valence-corrected chi connectivity index (χ2v) is 5.46. The molecule has 21 heavy (non-hydrogen) atoms. The van der Waals surface area contributed by atoms with E-state index in [0.717, 1.165) is 11.1 Å². The second-order valence-electron chi connectivity index (χ2n) is 4.51. The molecular weight excluding hydrogens is 286 g/mol. The molecular formula is C16H13NO3S. The van der Waals surface area contributed by atoms with Gasteiger partial charge in [-0.3, -0.25) is 4.79 Å². The highest BCUT2D eigenvalue weighted by atomic mass is 32.1. The van der Waals surface area contributed by atoms with Gasteiger partial charge in [0.15, 0.2) is 11.5 Å². The molecule has 2 aromatic carbocycles. The van der Waals surface area contributed by atoms with E-state index in [4.69, 9.17) is 4.74 Å². The smallest absolute Gasteiger partial charge is 0.255 e. The zero-order valence-electron chi connectivity index (χ0n) is 11.3. The molecule has 0 saturated carbocycles. The van der Waals surface area contributed by atoms with E-state index >= 15 is 0 Å². The molecule has 0 aliphatic carbocycles. The summed E-state index contributed by atoms with van der Waals surface area (Å²) in [5.74, 6) is 0.00668. The number of benzene rings is 2. The largest absolute Gasteiger partial charge is 0.504 e. The Hall–Kier alpha value is -2.53. The SMILES string of the molecule is COc1ccc(C(=O)Nc2ccc3sccc3c2)cc1O. The number of phenolic OH excluding ortho intramolecular Hbond substituents is 1. The Morgan fingerprint density at radius 1 is 1.19 bits per heavy atom. The Bertz CT molecular complexity index is 810. The summed E-state index contributed by atoms with van der Waals surface area (Å²) in [6, 6.07) is 12.3. The van der Waals surface area contributed by atoms with Crippen molar-refractivity contribution in [2.45, 2.75) is 0 Å². The number of nitrogens with one attached hydrogen (secondary N) is 1. The molecule has 0 radical (unpaired) electrons. The van der Waals surface area contributed by atoms with Crippen molar-refractivity contribution >= 4 is 33.0 Å². The van der Waals surface area contributed by atoms with Crippen LogP contribution < -0.4 is 10.1 Å². The number of aromatic hydroxyl groups is 1. The summed E-state index contributed by atoms with van der Waals surface area (Å²) in [6.07, 6.45) is 0. The second kappa shape index (κ2) is 5.46. The molecule has 1 heterocycles. The first-order valence-electron chi connectivity index (χ1n) is 6.33. The molecule has 0 aliphatic heterocycles. The monoisotopic (exact) mass is 299 g/mol. The maximum absolute atomic E-state index is 12.2. The minimum atomic E-state index is -0.275. The van der Waals surface area contributed by atoms with Crippen LogP contribution in [0, 0.1) is 0 Å². The minimum Gasteiger partial charge on any atom is -0.504 e. The van der Waals surface area contributed by atoms with E-state index in [1.165, 1.54) is 17.9 Å². The number of methoxy groups -OCH3 is 1.